The maximum absolute atomic E-state index is 13.9. The van der Waals surface area contributed by atoms with Crippen molar-refractivity contribution in [2.45, 2.75) is 0 Å². The lowest BCUT2D eigenvalue weighted by Crippen LogP contribution is -2.07. The summed E-state index contributed by atoms with van der Waals surface area (Å²) in [6, 6.07) is 11.5. The number of para-hydroxylation sites is 1. The van der Waals surface area contributed by atoms with Gasteiger partial charge in [0.2, 0.25) is 0 Å². The Labute approximate surface area is 128 Å². The van der Waals surface area contributed by atoms with E-state index in [1.807, 2.05) is 0 Å². The molecule has 0 aliphatic rings. The number of benzene rings is 2. The first-order chi connectivity index (χ1) is 10.6. The first-order valence-corrected chi connectivity index (χ1v) is 6.97. The molecule has 0 saturated carbocycles. The van der Waals surface area contributed by atoms with Crippen LogP contribution in [-0.4, -0.2) is 14.8 Å². The van der Waals surface area contributed by atoms with Gasteiger partial charge in [-0.05, 0) is 30.3 Å². The molecule has 0 unspecified atom stereocenters. The molecule has 6 heteroatoms. The van der Waals surface area contributed by atoms with E-state index in [-0.39, 0.29) is 16.8 Å². The fourth-order valence-corrected chi connectivity index (χ4v) is 2.70. The molecular weight excluding hydrogens is 305 g/mol. The quantitative estimate of drug-likeness (QED) is 0.583. The summed E-state index contributed by atoms with van der Waals surface area (Å²) in [4.78, 5) is 14.9. The number of hydrogen-bond donors (Lipinski definition) is 1. The molecule has 0 amide bonds. The molecule has 2 aromatic carbocycles. The molecule has 2 aromatic heterocycles. The molecule has 0 aliphatic heterocycles. The van der Waals surface area contributed by atoms with E-state index in [0.29, 0.717) is 15.9 Å². The first-order valence-electron chi connectivity index (χ1n) is 6.59. The van der Waals surface area contributed by atoms with E-state index in [2.05, 4.69) is 10.1 Å². The number of rotatable bonds is 1. The van der Waals surface area contributed by atoms with Gasteiger partial charge in [-0.25, -0.2) is 9.07 Å². The summed E-state index contributed by atoms with van der Waals surface area (Å²) in [5.41, 5.74) is 0.876. The molecule has 108 valence electrons. The first kappa shape index (κ1) is 13.0. The Kier molecular flexibility index (Phi) is 2.77. The molecule has 0 radical (unpaired) electrons. The van der Waals surface area contributed by atoms with Gasteiger partial charge < -0.3 is 4.98 Å². The van der Waals surface area contributed by atoms with Crippen molar-refractivity contribution in [1.82, 2.24) is 14.8 Å². The minimum atomic E-state index is -0.408. The van der Waals surface area contributed by atoms with Crippen LogP contribution in [0.1, 0.15) is 0 Å². The van der Waals surface area contributed by atoms with Gasteiger partial charge in [0, 0.05) is 27.5 Å². The van der Waals surface area contributed by atoms with Crippen LogP contribution in [-0.2, 0) is 0 Å². The van der Waals surface area contributed by atoms with Crippen molar-refractivity contribution in [3.63, 3.8) is 0 Å². The highest BCUT2D eigenvalue weighted by Crippen LogP contribution is 2.25. The van der Waals surface area contributed by atoms with Crippen LogP contribution in [0.25, 0.3) is 27.5 Å². The minimum absolute atomic E-state index is 0.248. The fraction of sp³-hybridized carbons (Fsp3) is 0. The standard InChI is InChI=1S/C16H9ClFN3O/c17-9-5-6-13-10(7-9)11-8-21(20-15(11)16(22)19-13)14-4-2-1-3-12(14)18/h1-8H,(H,19,22). The lowest BCUT2D eigenvalue weighted by atomic mass is 10.1. The molecule has 1 N–H and O–H groups in total. The van der Waals surface area contributed by atoms with Crippen molar-refractivity contribution in [3.05, 3.63) is 69.9 Å². The Morgan fingerprint density at radius 3 is 2.77 bits per heavy atom. The number of aromatic amines is 1. The molecular formula is C16H9ClFN3O. The lowest BCUT2D eigenvalue weighted by Gasteiger charge is -2.01. The minimum Gasteiger partial charge on any atom is -0.320 e. The topological polar surface area (TPSA) is 50.7 Å². The Balaban J connectivity index is 2.11. The highest BCUT2D eigenvalue weighted by atomic mass is 35.5. The second kappa shape index (κ2) is 4.68. The summed E-state index contributed by atoms with van der Waals surface area (Å²) < 4.78 is 15.3. The fourth-order valence-electron chi connectivity index (χ4n) is 2.53. The Morgan fingerprint density at radius 2 is 1.95 bits per heavy atom. The third-order valence-corrected chi connectivity index (χ3v) is 3.78. The van der Waals surface area contributed by atoms with Crippen LogP contribution in [0, 0.1) is 5.82 Å². The molecule has 4 rings (SSSR count). The summed E-state index contributed by atoms with van der Waals surface area (Å²) in [5.74, 6) is -0.408. The van der Waals surface area contributed by atoms with Crippen molar-refractivity contribution in [2.75, 3.05) is 0 Å². The predicted octanol–water partition coefficient (Wildman–Crippen LogP) is 3.66. The van der Waals surface area contributed by atoms with Crippen LogP contribution >= 0.6 is 11.6 Å². The number of halogens is 2. The third kappa shape index (κ3) is 1.90. The summed E-state index contributed by atoms with van der Waals surface area (Å²) in [7, 11) is 0. The summed E-state index contributed by atoms with van der Waals surface area (Å²) >= 11 is 6.03. The Hall–Kier alpha value is -2.66. The molecule has 0 bridgehead atoms. The van der Waals surface area contributed by atoms with Gasteiger partial charge in [-0.2, -0.15) is 5.10 Å². The maximum atomic E-state index is 13.9. The number of nitrogens with one attached hydrogen (secondary N) is 1. The molecule has 0 saturated heterocycles. The molecule has 4 aromatic rings. The van der Waals surface area contributed by atoms with Crippen LogP contribution in [0.4, 0.5) is 4.39 Å². The van der Waals surface area contributed by atoms with Crippen LogP contribution < -0.4 is 5.56 Å². The molecule has 0 aliphatic carbocycles. The van der Waals surface area contributed by atoms with E-state index >= 15 is 0 Å². The van der Waals surface area contributed by atoms with E-state index in [4.69, 9.17) is 11.6 Å². The summed E-state index contributed by atoms with van der Waals surface area (Å²) in [6.07, 6.45) is 1.64. The smallest absolute Gasteiger partial charge is 0.276 e. The van der Waals surface area contributed by atoms with Crippen molar-refractivity contribution >= 4 is 33.4 Å². The molecule has 4 nitrogen and oxygen atoms in total. The molecule has 2 heterocycles. The molecule has 0 atom stereocenters. The predicted molar refractivity (Wildman–Crippen MR) is 84.2 cm³/mol. The Morgan fingerprint density at radius 1 is 1.14 bits per heavy atom. The number of H-pyrrole nitrogens is 1. The average Bonchev–Trinajstić information content (AvgIpc) is 2.94. The van der Waals surface area contributed by atoms with Gasteiger partial charge in [0.05, 0.1) is 0 Å². The van der Waals surface area contributed by atoms with E-state index in [1.54, 1.807) is 42.6 Å². The van der Waals surface area contributed by atoms with Gasteiger partial charge in [0.15, 0.2) is 5.52 Å². The van der Waals surface area contributed by atoms with Crippen LogP contribution in [0.15, 0.2) is 53.5 Å². The maximum Gasteiger partial charge on any atom is 0.276 e. The second-order valence-corrected chi connectivity index (χ2v) is 5.37. The van der Waals surface area contributed by atoms with Gasteiger partial charge in [-0.1, -0.05) is 23.7 Å². The van der Waals surface area contributed by atoms with Crippen LogP contribution in [0.5, 0.6) is 0 Å². The van der Waals surface area contributed by atoms with E-state index in [9.17, 15) is 9.18 Å². The zero-order chi connectivity index (χ0) is 15.3. The zero-order valence-electron chi connectivity index (χ0n) is 11.2. The van der Waals surface area contributed by atoms with Crippen molar-refractivity contribution in [3.8, 4) is 5.69 Å². The number of aromatic nitrogens is 3. The average molecular weight is 314 g/mol. The van der Waals surface area contributed by atoms with Crippen molar-refractivity contribution < 1.29 is 4.39 Å². The SMILES string of the molecule is O=c1[nH]c2ccc(Cl)cc2c2cn(-c3ccccc3F)nc12. The number of pyridine rings is 1. The van der Waals surface area contributed by atoms with Gasteiger partial charge >= 0.3 is 0 Å². The highest BCUT2D eigenvalue weighted by Gasteiger charge is 2.12. The van der Waals surface area contributed by atoms with E-state index < -0.39 is 5.82 Å². The second-order valence-electron chi connectivity index (χ2n) is 4.93. The van der Waals surface area contributed by atoms with Gasteiger partial charge in [0.25, 0.3) is 5.56 Å². The number of hydrogen-bond acceptors (Lipinski definition) is 2. The zero-order valence-corrected chi connectivity index (χ0v) is 11.9. The van der Waals surface area contributed by atoms with Gasteiger partial charge in [-0.3, -0.25) is 4.79 Å². The molecule has 0 spiro atoms. The normalized spacial score (nSPS) is 11.4. The van der Waals surface area contributed by atoms with Crippen molar-refractivity contribution in [2.24, 2.45) is 0 Å². The lowest BCUT2D eigenvalue weighted by molar-refractivity contribution is 0.611. The number of fused-ring (bicyclic) bond motifs is 3. The highest BCUT2D eigenvalue weighted by molar-refractivity contribution is 6.31. The number of nitrogens with zero attached hydrogens (tertiary/aromatic N) is 2. The summed E-state index contributed by atoms with van der Waals surface area (Å²) in [5, 5.41) is 6.17. The van der Waals surface area contributed by atoms with Crippen LogP contribution in [0.3, 0.4) is 0 Å². The van der Waals surface area contributed by atoms with Crippen LogP contribution in [0.2, 0.25) is 5.02 Å². The molecule has 22 heavy (non-hydrogen) atoms. The van der Waals surface area contributed by atoms with Crippen molar-refractivity contribution in [1.29, 1.82) is 0 Å². The summed E-state index contributed by atoms with van der Waals surface area (Å²) in [6.45, 7) is 0. The van der Waals surface area contributed by atoms with Gasteiger partial charge in [0.1, 0.15) is 11.5 Å². The van der Waals surface area contributed by atoms with E-state index in [0.717, 1.165) is 5.39 Å². The largest absolute Gasteiger partial charge is 0.320 e. The monoisotopic (exact) mass is 313 g/mol. The molecule has 0 fully saturated rings. The van der Waals surface area contributed by atoms with E-state index in [1.165, 1.54) is 10.7 Å². The van der Waals surface area contributed by atoms with Gasteiger partial charge in [-0.15, -0.1) is 0 Å². The third-order valence-electron chi connectivity index (χ3n) is 3.55. The Bertz CT molecular complexity index is 1080.